The van der Waals surface area contributed by atoms with E-state index in [1.54, 1.807) is 48.1 Å². The number of thiazole rings is 1. The van der Waals surface area contributed by atoms with Crippen molar-refractivity contribution in [3.05, 3.63) is 70.5 Å². The highest BCUT2D eigenvalue weighted by molar-refractivity contribution is 7.13. The van der Waals surface area contributed by atoms with Gasteiger partial charge in [-0.25, -0.2) is 9.78 Å². The number of para-hydroxylation sites is 1. The molecular weight excluding hydrogens is 419 g/mol. The number of nitrogen functional groups attached to an aromatic ring is 1. The van der Waals surface area contributed by atoms with Crippen LogP contribution in [0.2, 0.25) is 0 Å². The molecule has 1 atom stereocenters. The largest absolute Gasteiger partial charge is 0.547 e. The second-order valence-corrected chi connectivity index (χ2v) is 7.70. The summed E-state index contributed by atoms with van der Waals surface area (Å²) >= 11 is 1.20. The lowest BCUT2D eigenvalue weighted by Crippen LogP contribution is -2.53. The first kappa shape index (κ1) is 20.6. The second-order valence-electron chi connectivity index (χ2n) is 6.81. The highest BCUT2D eigenvalue weighted by Gasteiger charge is 2.38. The summed E-state index contributed by atoms with van der Waals surface area (Å²) in [6.07, 6.45) is 5.05. The summed E-state index contributed by atoms with van der Waals surface area (Å²) in [4.78, 5) is 32.8. The first-order valence-corrected chi connectivity index (χ1v) is 10.1. The Morgan fingerprint density at radius 2 is 2.16 bits per heavy atom. The summed E-state index contributed by atoms with van der Waals surface area (Å²) in [6, 6.07) is 8.22. The zero-order valence-corrected chi connectivity index (χ0v) is 16.9. The van der Waals surface area contributed by atoms with Crippen molar-refractivity contribution in [1.82, 2.24) is 15.3 Å². The number of nitrogens with two attached hydrogens (primary N) is 1. The number of carbonyl (C=O) groups excluding carboxylic acids is 1. The number of hydrogen-bond donors (Lipinski definition) is 4. The van der Waals surface area contributed by atoms with Crippen molar-refractivity contribution in [2.45, 2.75) is 12.4 Å². The quantitative estimate of drug-likeness (QED) is 0.348. The third kappa shape index (κ3) is 4.42. The lowest BCUT2D eigenvalue weighted by molar-refractivity contribution is -0.116. The molecule has 1 aliphatic rings. The Bertz CT molecular complexity index is 1170. The van der Waals surface area contributed by atoms with Gasteiger partial charge in [0.2, 0.25) is 0 Å². The van der Waals surface area contributed by atoms with E-state index < -0.39 is 24.9 Å². The van der Waals surface area contributed by atoms with Gasteiger partial charge in [0.15, 0.2) is 5.13 Å². The molecule has 11 heteroatoms. The number of pyridine rings is 1. The monoisotopic (exact) mass is 436 g/mol. The van der Waals surface area contributed by atoms with Crippen LogP contribution in [0.15, 0.2) is 48.1 Å². The van der Waals surface area contributed by atoms with Crippen LogP contribution >= 0.6 is 11.3 Å². The van der Waals surface area contributed by atoms with E-state index in [1.807, 2.05) is 0 Å². The van der Waals surface area contributed by atoms with E-state index in [4.69, 9.17) is 10.4 Å². The zero-order chi connectivity index (χ0) is 22.0. The standard InChI is InChI=1S/C20H17BN4O5S/c22-20-24-15(10-31-20)14(7-11-3-2-6-23-9-11)18(26)25-16-8-12-4-1-5-13(19(27)28)17(12)30-21(16)29/h1-7,9-10,16,29H,8H2,(H2,22,24)(H,25,26)(H,27,28)/b14-7-/t16-/m0/s1. The Labute approximate surface area is 181 Å². The van der Waals surface area contributed by atoms with E-state index >= 15 is 0 Å². The van der Waals surface area contributed by atoms with E-state index in [9.17, 15) is 19.7 Å². The fourth-order valence-corrected chi connectivity index (χ4v) is 3.82. The van der Waals surface area contributed by atoms with Gasteiger partial charge >= 0.3 is 13.1 Å². The van der Waals surface area contributed by atoms with Crippen LogP contribution in [-0.4, -0.2) is 45.0 Å². The molecule has 5 N–H and O–H groups in total. The highest BCUT2D eigenvalue weighted by Crippen LogP contribution is 2.30. The number of hydrogen-bond acceptors (Lipinski definition) is 8. The summed E-state index contributed by atoms with van der Waals surface area (Å²) in [5, 5.41) is 24.5. The van der Waals surface area contributed by atoms with Gasteiger partial charge in [-0.3, -0.25) is 9.78 Å². The van der Waals surface area contributed by atoms with E-state index in [0.717, 1.165) is 0 Å². The van der Waals surface area contributed by atoms with Crippen molar-refractivity contribution in [3.8, 4) is 5.75 Å². The maximum absolute atomic E-state index is 13.1. The third-order valence-corrected chi connectivity index (χ3v) is 5.38. The molecule has 0 saturated heterocycles. The molecule has 1 aromatic carbocycles. The summed E-state index contributed by atoms with van der Waals surface area (Å²) in [6.45, 7) is 0. The maximum Gasteiger partial charge on any atom is 0.547 e. The van der Waals surface area contributed by atoms with Crippen LogP contribution in [0.4, 0.5) is 5.13 Å². The molecule has 0 radical (unpaired) electrons. The van der Waals surface area contributed by atoms with Gasteiger partial charge in [0.1, 0.15) is 5.75 Å². The molecule has 3 heterocycles. The number of carbonyl (C=O) groups is 2. The smallest absolute Gasteiger partial charge is 0.534 e. The Morgan fingerprint density at radius 1 is 1.32 bits per heavy atom. The number of aromatic nitrogens is 2. The number of rotatable bonds is 5. The Hall–Kier alpha value is -3.70. The number of benzene rings is 1. The maximum atomic E-state index is 13.1. The van der Waals surface area contributed by atoms with Crippen LogP contribution in [-0.2, 0) is 11.2 Å². The highest BCUT2D eigenvalue weighted by atomic mass is 32.1. The van der Waals surface area contributed by atoms with Crippen molar-refractivity contribution in [1.29, 1.82) is 0 Å². The normalized spacial score (nSPS) is 15.7. The summed E-state index contributed by atoms with van der Waals surface area (Å²) in [7, 11) is -1.42. The van der Waals surface area contributed by atoms with Crippen molar-refractivity contribution < 1.29 is 24.4 Å². The van der Waals surface area contributed by atoms with Crippen LogP contribution in [0.5, 0.6) is 5.75 Å². The number of carboxylic acid groups (broad SMARTS) is 1. The molecule has 2 aromatic heterocycles. The topological polar surface area (TPSA) is 148 Å². The van der Waals surface area contributed by atoms with Crippen molar-refractivity contribution in [2.75, 3.05) is 5.73 Å². The number of aromatic carboxylic acids is 1. The predicted molar refractivity (Wildman–Crippen MR) is 116 cm³/mol. The number of amides is 1. The van der Waals surface area contributed by atoms with Crippen LogP contribution in [0, 0.1) is 0 Å². The van der Waals surface area contributed by atoms with Crippen molar-refractivity contribution in [3.63, 3.8) is 0 Å². The van der Waals surface area contributed by atoms with Crippen LogP contribution in [0.1, 0.15) is 27.2 Å². The minimum Gasteiger partial charge on any atom is -0.534 e. The molecule has 0 saturated carbocycles. The van der Waals surface area contributed by atoms with E-state index in [-0.39, 0.29) is 23.3 Å². The van der Waals surface area contributed by atoms with Crippen LogP contribution < -0.4 is 15.7 Å². The summed E-state index contributed by atoms with van der Waals surface area (Å²) < 4.78 is 5.44. The van der Waals surface area contributed by atoms with Gasteiger partial charge in [-0.2, -0.15) is 0 Å². The Kier molecular flexibility index (Phi) is 5.69. The number of fused-ring (bicyclic) bond motifs is 1. The fraction of sp³-hybridized carbons (Fsp3) is 0.100. The van der Waals surface area contributed by atoms with Gasteiger partial charge in [-0.1, -0.05) is 18.2 Å². The van der Waals surface area contributed by atoms with E-state index in [0.29, 0.717) is 22.0 Å². The zero-order valence-electron chi connectivity index (χ0n) is 16.1. The average molecular weight is 436 g/mol. The Morgan fingerprint density at radius 3 is 2.84 bits per heavy atom. The minimum atomic E-state index is -1.42. The molecule has 4 rings (SSSR count). The average Bonchev–Trinajstić information content (AvgIpc) is 3.18. The minimum absolute atomic E-state index is 0.0450. The molecule has 9 nitrogen and oxygen atoms in total. The van der Waals surface area contributed by atoms with Gasteiger partial charge in [-0.05, 0) is 35.8 Å². The van der Waals surface area contributed by atoms with Crippen molar-refractivity contribution in [2.24, 2.45) is 0 Å². The lowest BCUT2D eigenvalue weighted by Gasteiger charge is -2.29. The molecular formula is C20H17BN4O5S. The number of carboxylic acids is 1. The molecule has 0 unspecified atom stereocenters. The molecule has 1 aliphatic heterocycles. The van der Waals surface area contributed by atoms with Crippen LogP contribution in [0.3, 0.4) is 0 Å². The predicted octanol–water partition coefficient (Wildman–Crippen LogP) is 1.50. The lowest BCUT2D eigenvalue weighted by atomic mass is 9.72. The number of nitrogens with one attached hydrogen (secondary N) is 1. The van der Waals surface area contributed by atoms with E-state index in [1.165, 1.54) is 17.4 Å². The molecule has 156 valence electrons. The van der Waals surface area contributed by atoms with Gasteiger partial charge in [0.25, 0.3) is 5.91 Å². The van der Waals surface area contributed by atoms with E-state index in [2.05, 4.69) is 15.3 Å². The third-order valence-electron chi connectivity index (χ3n) is 4.70. The number of anilines is 1. The first-order valence-electron chi connectivity index (χ1n) is 9.26. The molecule has 3 aromatic rings. The van der Waals surface area contributed by atoms with Gasteiger partial charge in [0.05, 0.1) is 22.8 Å². The Balaban J connectivity index is 1.61. The van der Waals surface area contributed by atoms with Gasteiger partial charge < -0.3 is 25.8 Å². The fourth-order valence-electron chi connectivity index (χ4n) is 3.26. The molecule has 0 aliphatic carbocycles. The molecule has 31 heavy (non-hydrogen) atoms. The first-order chi connectivity index (χ1) is 14.9. The molecule has 0 bridgehead atoms. The van der Waals surface area contributed by atoms with Gasteiger partial charge in [-0.15, -0.1) is 11.3 Å². The molecule has 1 amide bonds. The number of nitrogens with zero attached hydrogens (tertiary/aromatic N) is 2. The second kappa shape index (κ2) is 8.58. The van der Waals surface area contributed by atoms with Crippen LogP contribution in [0.25, 0.3) is 11.6 Å². The summed E-state index contributed by atoms with van der Waals surface area (Å²) in [5.41, 5.74) is 7.60. The SMILES string of the molecule is Nc1nc(/C(=C/c2cccnc2)C(=O)N[C@H]2Cc3cccc(C(=O)O)c3OB2O)cs1. The molecule has 0 spiro atoms. The van der Waals surface area contributed by atoms with Gasteiger partial charge in [0, 0.05) is 17.8 Å². The summed E-state index contributed by atoms with van der Waals surface area (Å²) in [5.74, 6) is -2.34. The van der Waals surface area contributed by atoms with Crippen molar-refractivity contribution >= 4 is 47.1 Å². The molecule has 0 fully saturated rings.